The molecule has 0 saturated carbocycles. The van der Waals surface area contributed by atoms with Crippen molar-refractivity contribution in [3.63, 3.8) is 0 Å². The van der Waals surface area contributed by atoms with Crippen LogP contribution in [0.25, 0.3) is 0 Å². The predicted molar refractivity (Wildman–Crippen MR) is 119 cm³/mol. The number of hydrogen-bond acceptors (Lipinski definition) is 5. The number of nitrogens with zero attached hydrogens (tertiary/aromatic N) is 5. The third-order valence-electron chi connectivity index (χ3n) is 5.03. The molecule has 0 radical (unpaired) electrons. The molecule has 1 unspecified atom stereocenters. The third-order valence-corrected chi connectivity index (χ3v) is 5.77. The average Bonchev–Trinajstić information content (AvgIpc) is 3.21. The van der Waals surface area contributed by atoms with Crippen molar-refractivity contribution in [2.24, 2.45) is 0 Å². The number of benzene rings is 1. The quantitative estimate of drug-likeness (QED) is 0.396. The van der Waals surface area contributed by atoms with Crippen LogP contribution in [0.4, 0.5) is 11.5 Å². The zero-order valence-corrected chi connectivity index (χ0v) is 19.0. The van der Waals surface area contributed by atoms with Crippen LogP contribution in [0, 0.1) is 30.9 Å². The highest BCUT2D eigenvalue weighted by atomic mass is 35.5. The van der Waals surface area contributed by atoms with Gasteiger partial charge in [-0.05, 0) is 49.8 Å². The predicted octanol–water partition coefficient (Wildman–Crippen LogP) is 4.86. The molecule has 0 aliphatic heterocycles. The highest BCUT2D eigenvalue weighted by Gasteiger charge is 2.28. The van der Waals surface area contributed by atoms with E-state index in [9.17, 15) is 14.9 Å². The molecule has 2 heterocycles. The molecule has 3 aromatic rings. The first-order valence-corrected chi connectivity index (χ1v) is 10.4. The maximum Gasteiger partial charge on any atom is 0.390 e. The summed E-state index contributed by atoms with van der Waals surface area (Å²) in [6.45, 7) is 7.63. The Bertz CT molecular complexity index is 1150. The van der Waals surface area contributed by atoms with Crippen LogP contribution >= 0.6 is 23.2 Å². The van der Waals surface area contributed by atoms with Crippen LogP contribution in [0.15, 0.2) is 24.3 Å². The molecule has 2 aromatic heterocycles. The fraction of sp³-hybridized carbons (Fsp3) is 0.350. The molecule has 1 amide bonds. The Labute approximate surface area is 189 Å². The summed E-state index contributed by atoms with van der Waals surface area (Å²) in [6, 6.07) is 6.03. The fourth-order valence-corrected chi connectivity index (χ4v) is 3.72. The number of aromatic nitrogens is 4. The van der Waals surface area contributed by atoms with E-state index in [2.05, 4.69) is 15.5 Å². The highest BCUT2D eigenvalue weighted by Crippen LogP contribution is 2.26. The van der Waals surface area contributed by atoms with E-state index in [4.69, 9.17) is 23.2 Å². The summed E-state index contributed by atoms with van der Waals surface area (Å²) in [7, 11) is 0. The summed E-state index contributed by atoms with van der Waals surface area (Å²) in [4.78, 5) is 23.5. The van der Waals surface area contributed by atoms with E-state index < -0.39 is 11.0 Å². The molecule has 0 bridgehead atoms. The van der Waals surface area contributed by atoms with Gasteiger partial charge in [-0.3, -0.25) is 9.48 Å². The highest BCUT2D eigenvalue weighted by molar-refractivity contribution is 6.42. The van der Waals surface area contributed by atoms with E-state index in [0.29, 0.717) is 40.1 Å². The largest absolute Gasteiger partial charge is 0.390 e. The topological polar surface area (TPSA) is 108 Å². The molecular weight excluding hydrogens is 443 g/mol. The smallest absolute Gasteiger partial charge is 0.358 e. The molecule has 0 aliphatic rings. The van der Waals surface area contributed by atoms with Crippen molar-refractivity contribution in [3.8, 4) is 0 Å². The molecule has 9 nitrogen and oxygen atoms in total. The maximum atomic E-state index is 13.0. The molecule has 1 atom stereocenters. The minimum absolute atomic E-state index is 0.287. The summed E-state index contributed by atoms with van der Waals surface area (Å²) in [5.41, 5.74) is 3.49. The number of rotatable bonds is 7. The zero-order chi connectivity index (χ0) is 22.9. The number of carbonyl (C=O) groups excluding carboxylic acids is 1. The Morgan fingerprint density at radius 3 is 2.48 bits per heavy atom. The van der Waals surface area contributed by atoms with Gasteiger partial charge in [-0.25, -0.2) is 0 Å². The summed E-state index contributed by atoms with van der Waals surface area (Å²) in [5, 5.41) is 23.4. The first kappa shape index (κ1) is 22.8. The van der Waals surface area contributed by atoms with Gasteiger partial charge in [0.1, 0.15) is 0 Å². The lowest BCUT2D eigenvalue weighted by atomic mass is 10.2. The second-order valence-electron chi connectivity index (χ2n) is 7.21. The number of hydrogen-bond donors (Lipinski definition) is 1. The van der Waals surface area contributed by atoms with Crippen LogP contribution < -0.4 is 5.32 Å². The van der Waals surface area contributed by atoms with E-state index in [1.807, 2.05) is 19.9 Å². The van der Waals surface area contributed by atoms with Crippen LogP contribution in [-0.2, 0) is 11.3 Å². The normalized spacial score (nSPS) is 12.1. The van der Waals surface area contributed by atoms with Gasteiger partial charge in [-0.1, -0.05) is 36.2 Å². The summed E-state index contributed by atoms with van der Waals surface area (Å²) >= 11 is 12.1. The minimum atomic E-state index is -0.689. The molecular formula is C20H22Cl2N6O3. The lowest BCUT2D eigenvalue weighted by Crippen LogP contribution is -2.27. The SMILES string of the molecule is CCC(C(=O)Nc1c(C)nn(Cc2ccc(Cl)c(Cl)c2)c1C)n1nc([N+](=O)[O-])cc1C. The molecule has 31 heavy (non-hydrogen) atoms. The Morgan fingerprint density at radius 1 is 1.19 bits per heavy atom. The Kier molecular flexibility index (Phi) is 6.66. The second-order valence-corrected chi connectivity index (χ2v) is 8.03. The Morgan fingerprint density at radius 2 is 1.90 bits per heavy atom. The summed E-state index contributed by atoms with van der Waals surface area (Å²) in [5.74, 6) is -0.602. The number of aryl methyl sites for hydroxylation is 2. The van der Waals surface area contributed by atoms with Crippen molar-refractivity contribution in [2.45, 2.75) is 46.7 Å². The van der Waals surface area contributed by atoms with Gasteiger partial charge in [-0.2, -0.15) is 9.78 Å². The Hall–Kier alpha value is -2.91. The van der Waals surface area contributed by atoms with E-state index in [-0.39, 0.29) is 11.7 Å². The van der Waals surface area contributed by atoms with Crippen LogP contribution in [0.1, 0.15) is 42.0 Å². The number of anilines is 1. The fourth-order valence-electron chi connectivity index (χ4n) is 3.39. The van der Waals surface area contributed by atoms with Crippen LogP contribution in [-0.4, -0.2) is 30.4 Å². The van der Waals surface area contributed by atoms with Gasteiger partial charge in [-0.15, -0.1) is 0 Å². The lowest BCUT2D eigenvalue weighted by Gasteiger charge is -2.14. The van der Waals surface area contributed by atoms with Gasteiger partial charge in [0, 0.05) is 0 Å². The number of nitrogens with one attached hydrogen (secondary N) is 1. The monoisotopic (exact) mass is 464 g/mol. The molecule has 1 aromatic carbocycles. The number of carbonyl (C=O) groups is 1. The van der Waals surface area contributed by atoms with Gasteiger partial charge in [0.2, 0.25) is 0 Å². The first-order valence-electron chi connectivity index (χ1n) is 9.61. The van der Waals surface area contributed by atoms with Gasteiger partial charge < -0.3 is 15.4 Å². The van der Waals surface area contributed by atoms with Gasteiger partial charge in [0.05, 0.1) is 50.5 Å². The van der Waals surface area contributed by atoms with E-state index in [1.165, 1.54) is 10.7 Å². The average molecular weight is 465 g/mol. The number of nitro groups is 1. The third kappa shape index (κ3) is 4.72. The molecule has 0 spiro atoms. The summed E-state index contributed by atoms with van der Waals surface area (Å²) < 4.78 is 3.16. The standard InChI is InChI=1S/C20H22Cl2N6O3/c1-5-17(27-11(2)8-18(25-27)28(30)31)20(29)23-19-12(3)24-26(13(19)4)10-14-6-7-15(21)16(22)9-14/h6-9,17H,5,10H2,1-4H3,(H,23,29). The van der Waals surface area contributed by atoms with Crippen molar-refractivity contribution in [1.82, 2.24) is 19.6 Å². The lowest BCUT2D eigenvalue weighted by molar-refractivity contribution is -0.389. The van der Waals surface area contributed by atoms with E-state index in [1.54, 1.807) is 30.7 Å². The molecule has 0 aliphatic carbocycles. The van der Waals surface area contributed by atoms with Gasteiger partial charge in [0.25, 0.3) is 5.91 Å². The van der Waals surface area contributed by atoms with Gasteiger partial charge >= 0.3 is 5.82 Å². The number of halogens is 2. The van der Waals surface area contributed by atoms with Crippen molar-refractivity contribution >= 4 is 40.6 Å². The van der Waals surface area contributed by atoms with Crippen molar-refractivity contribution < 1.29 is 9.72 Å². The Balaban J connectivity index is 1.84. The molecule has 1 N–H and O–H groups in total. The minimum Gasteiger partial charge on any atom is -0.358 e. The van der Waals surface area contributed by atoms with Crippen molar-refractivity contribution in [2.75, 3.05) is 5.32 Å². The molecule has 164 valence electrons. The summed E-state index contributed by atoms with van der Waals surface area (Å²) in [6.07, 6.45) is 0.418. The first-order chi connectivity index (χ1) is 14.6. The van der Waals surface area contributed by atoms with Crippen molar-refractivity contribution in [3.05, 3.63) is 67.1 Å². The molecule has 3 rings (SSSR count). The van der Waals surface area contributed by atoms with Gasteiger partial charge in [0.15, 0.2) is 6.04 Å². The molecule has 0 fully saturated rings. The molecule has 0 saturated heterocycles. The van der Waals surface area contributed by atoms with Crippen LogP contribution in [0.5, 0.6) is 0 Å². The van der Waals surface area contributed by atoms with Crippen LogP contribution in [0.3, 0.4) is 0 Å². The molecule has 11 heteroatoms. The second kappa shape index (κ2) is 9.07. The number of amides is 1. The zero-order valence-electron chi connectivity index (χ0n) is 17.5. The van der Waals surface area contributed by atoms with Crippen molar-refractivity contribution in [1.29, 1.82) is 0 Å². The van der Waals surface area contributed by atoms with E-state index >= 15 is 0 Å². The van der Waals surface area contributed by atoms with Crippen LogP contribution in [0.2, 0.25) is 10.0 Å². The van der Waals surface area contributed by atoms with E-state index in [0.717, 1.165) is 11.3 Å². The maximum absolute atomic E-state index is 13.0.